The molecule has 0 aliphatic heterocycles. The number of nitrogen functional groups attached to an aromatic ring is 1. The largest absolute Gasteiger partial charge is 0.397 e. The number of nitrogens with two attached hydrogens (primary N) is 1. The monoisotopic (exact) mass is 351 g/mol. The van der Waals surface area contributed by atoms with Crippen molar-refractivity contribution in [2.75, 3.05) is 11.1 Å². The van der Waals surface area contributed by atoms with Crippen molar-refractivity contribution in [3.63, 3.8) is 0 Å². The van der Waals surface area contributed by atoms with Gasteiger partial charge in [-0.3, -0.25) is 9.78 Å². The van der Waals surface area contributed by atoms with Crippen LogP contribution >= 0.6 is 0 Å². The van der Waals surface area contributed by atoms with Gasteiger partial charge in [0.2, 0.25) is 5.91 Å². The average Bonchev–Trinajstić information content (AvgIpc) is 3.38. The average molecular weight is 351 g/mol. The van der Waals surface area contributed by atoms with E-state index in [9.17, 15) is 9.18 Å². The van der Waals surface area contributed by atoms with E-state index in [1.807, 2.05) is 24.4 Å². The summed E-state index contributed by atoms with van der Waals surface area (Å²) >= 11 is 0. The number of anilines is 2. The van der Waals surface area contributed by atoms with Crippen molar-refractivity contribution >= 4 is 28.3 Å². The van der Waals surface area contributed by atoms with Crippen LogP contribution in [0.4, 0.5) is 15.9 Å². The molecule has 1 fully saturated rings. The maximum absolute atomic E-state index is 13.0. The van der Waals surface area contributed by atoms with Crippen LogP contribution in [0.25, 0.3) is 22.0 Å². The van der Waals surface area contributed by atoms with Crippen LogP contribution in [0.15, 0.2) is 36.7 Å². The van der Waals surface area contributed by atoms with Crippen LogP contribution in [0.5, 0.6) is 0 Å². The van der Waals surface area contributed by atoms with E-state index >= 15 is 0 Å². The van der Waals surface area contributed by atoms with E-state index in [1.165, 1.54) is 0 Å². The summed E-state index contributed by atoms with van der Waals surface area (Å²) in [5.74, 6) is -0.651. The smallest absolute Gasteiger partial charge is 0.231 e. The molecule has 0 unspecified atom stereocenters. The molecular formula is C19H18FN5O. The van der Waals surface area contributed by atoms with Crippen LogP contribution in [-0.2, 0) is 11.2 Å². The van der Waals surface area contributed by atoms with Crippen LogP contribution in [0.1, 0.15) is 18.9 Å². The first-order chi connectivity index (χ1) is 12.6. The molecular weight excluding hydrogens is 333 g/mol. The first kappa shape index (κ1) is 16.4. The third-order valence-electron chi connectivity index (χ3n) is 4.62. The lowest BCUT2D eigenvalue weighted by Gasteiger charge is -2.11. The zero-order valence-corrected chi connectivity index (χ0v) is 14.2. The summed E-state index contributed by atoms with van der Waals surface area (Å²) in [5, 5.41) is 11.5. The van der Waals surface area contributed by atoms with Crippen molar-refractivity contribution in [2.24, 2.45) is 5.92 Å². The number of pyridine rings is 1. The number of aromatic nitrogens is 3. The fraction of sp³-hybridized carbons (Fsp3) is 0.263. The fourth-order valence-electron chi connectivity index (χ4n) is 3.05. The van der Waals surface area contributed by atoms with Crippen molar-refractivity contribution in [1.82, 2.24) is 15.2 Å². The zero-order chi connectivity index (χ0) is 18.3. The number of benzene rings is 1. The van der Waals surface area contributed by atoms with Gasteiger partial charge in [-0.25, -0.2) is 4.39 Å². The minimum atomic E-state index is -1.05. The van der Waals surface area contributed by atoms with Gasteiger partial charge in [-0.2, -0.15) is 0 Å². The molecule has 2 aromatic heterocycles. The molecule has 1 aromatic carbocycles. The Labute approximate surface area is 149 Å². The van der Waals surface area contributed by atoms with Gasteiger partial charge in [-0.1, -0.05) is 6.92 Å². The van der Waals surface area contributed by atoms with Gasteiger partial charge in [0.05, 0.1) is 11.6 Å². The molecule has 0 radical (unpaired) electrons. The molecule has 7 heteroatoms. The van der Waals surface area contributed by atoms with E-state index < -0.39 is 12.1 Å². The van der Waals surface area contributed by atoms with Crippen LogP contribution in [-0.4, -0.2) is 27.3 Å². The van der Waals surface area contributed by atoms with Gasteiger partial charge in [-0.15, -0.1) is 10.2 Å². The molecule has 0 bridgehead atoms. The van der Waals surface area contributed by atoms with Crippen molar-refractivity contribution < 1.29 is 9.18 Å². The molecule has 0 spiro atoms. The summed E-state index contributed by atoms with van der Waals surface area (Å²) in [7, 11) is 0. The van der Waals surface area contributed by atoms with Gasteiger partial charge < -0.3 is 11.1 Å². The van der Waals surface area contributed by atoms with Gasteiger partial charge in [0, 0.05) is 23.3 Å². The Morgan fingerprint density at radius 3 is 2.88 bits per heavy atom. The van der Waals surface area contributed by atoms with Gasteiger partial charge in [-0.05, 0) is 48.2 Å². The zero-order valence-electron chi connectivity index (χ0n) is 14.2. The molecule has 26 heavy (non-hydrogen) atoms. The second-order valence-electron chi connectivity index (χ2n) is 6.47. The number of alkyl halides is 1. The Kier molecular flexibility index (Phi) is 3.99. The highest BCUT2D eigenvalue weighted by Gasteiger charge is 2.43. The SMILES string of the molecule is CCc1ccncc1-c1cc(N)c2nnc(NC(=O)[C@H]3C[C@H]3F)cc2c1. The predicted octanol–water partition coefficient (Wildman–Crippen LogP) is 3.13. The Balaban J connectivity index is 1.73. The first-order valence-corrected chi connectivity index (χ1v) is 8.52. The van der Waals surface area contributed by atoms with E-state index in [-0.39, 0.29) is 12.3 Å². The van der Waals surface area contributed by atoms with Gasteiger partial charge in [0.15, 0.2) is 5.82 Å². The topological polar surface area (TPSA) is 93.8 Å². The van der Waals surface area contributed by atoms with Crippen LogP contribution < -0.4 is 11.1 Å². The third-order valence-corrected chi connectivity index (χ3v) is 4.62. The van der Waals surface area contributed by atoms with Crippen LogP contribution in [0, 0.1) is 5.92 Å². The summed E-state index contributed by atoms with van der Waals surface area (Å²) < 4.78 is 13.0. The first-order valence-electron chi connectivity index (χ1n) is 8.52. The van der Waals surface area contributed by atoms with Crippen molar-refractivity contribution in [2.45, 2.75) is 25.9 Å². The quantitative estimate of drug-likeness (QED) is 0.704. The van der Waals surface area contributed by atoms with Gasteiger partial charge in [0.25, 0.3) is 0 Å². The highest BCUT2D eigenvalue weighted by Crippen LogP contribution is 2.35. The predicted molar refractivity (Wildman–Crippen MR) is 98.2 cm³/mol. The standard InChI is InChI=1S/C19H18FN5O/c1-2-10-3-4-22-9-14(10)11-5-12-7-17(23-19(26)13-8-15(13)20)24-25-18(12)16(21)6-11/h3-7,9,13,15H,2,8,21H2,1H3,(H,23,24,26)/t13-,15+/m0/s1. The lowest BCUT2D eigenvalue weighted by atomic mass is 9.98. The highest BCUT2D eigenvalue weighted by molar-refractivity contribution is 5.98. The summed E-state index contributed by atoms with van der Waals surface area (Å²) in [6, 6.07) is 7.48. The Morgan fingerprint density at radius 2 is 2.15 bits per heavy atom. The summed E-state index contributed by atoms with van der Waals surface area (Å²) in [6.45, 7) is 2.08. The van der Waals surface area contributed by atoms with Crippen molar-refractivity contribution in [3.8, 4) is 11.1 Å². The van der Waals surface area contributed by atoms with Crippen LogP contribution in [0.2, 0.25) is 0 Å². The summed E-state index contributed by atoms with van der Waals surface area (Å²) in [4.78, 5) is 16.1. The number of rotatable bonds is 4. The molecule has 4 rings (SSSR count). The highest BCUT2D eigenvalue weighted by atomic mass is 19.1. The molecule has 1 aliphatic rings. The summed E-state index contributed by atoms with van der Waals surface area (Å²) in [6.07, 6.45) is 3.67. The second kappa shape index (κ2) is 6.33. The van der Waals surface area contributed by atoms with E-state index in [0.717, 1.165) is 28.5 Å². The number of fused-ring (bicyclic) bond motifs is 1. The Bertz CT molecular complexity index is 1010. The molecule has 1 amide bonds. The molecule has 1 aliphatic carbocycles. The van der Waals surface area contributed by atoms with E-state index in [2.05, 4.69) is 27.4 Å². The Hall–Kier alpha value is -3.09. The number of aryl methyl sites for hydroxylation is 1. The lowest BCUT2D eigenvalue weighted by molar-refractivity contribution is -0.117. The lowest BCUT2D eigenvalue weighted by Crippen LogP contribution is -2.16. The molecule has 132 valence electrons. The maximum Gasteiger partial charge on any atom is 0.231 e. The number of nitrogens with one attached hydrogen (secondary N) is 1. The van der Waals surface area contributed by atoms with Crippen molar-refractivity contribution in [3.05, 3.63) is 42.2 Å². The molecule has 2 atom stereocenters. The fourth-order valence-corrected chi connectivity index (χ4v) is 3.05. The van der Waals surface area contributed by atoms with Crippen molar-refractivity contribution in [1.29, 1.82) is 0 Å². The number of carbonyl (C=O) groups is 1. The normalized spacial score (nSPS) is 18.7. The van der Waals surface area contributed by atoms with Crippen LogP contribution in [0.3, 0.4) is 0 Å². The molecule has 1 saturated carbocycles. The third kappa shape index (κ3) is 2.96. The minimum absolute atomic E-state index is 0.269. The van der Waals surface area contributed by atoms with E-state index in [0.29, 0.717) is 17.0 Å². The number of amides is 1. The van der Waals surface area contributed by atoms with Gasteiger partial charge >= 0.3 is 0 Å². The molecule has 0 saturated heterocycles. The Morgan fingerprint density at radius 1 is 1.35 bits per heavy atom. The molecule has 3 aromatic rings. The molecule has 3 N–H and O–H groups in total. The summed E-state index contributed by atoms with van der Waals surface area (Å²) in [5.41, 5.74) is 10.3. The minimum Gasteiger partial charge on any atom is -0.397 e. The van der Waals surface area contributed by atoms with E-state index in [4.69, 9.17) is 5.73 Å². The number of halogens is 1. The number of hydrogen-bond donors (Lipinski definition) is 2. The number of carbonyl (C=O) groups excluding carboxylic acids is 1. The van der Waals surface area contributed by atoms with E-state index in [1.54, 1.807) is 12.3 Å². The van der Waals surface area contributed by atoms with Gasteiger partial charge in [0.1, 0.15) is 11.7 Å². The maximum atomic E-state index is 13.0. The number of hydrogen-bond acceptors (Lipinski definition) is 5. The number of nitrogens with zero attached hydrogens (tertiary/aromatic N) is 3. The molecule has 6 nitrogen and oxygen atoms in total. The molecule has 2 heterocycles. The second-order valence-corrected chi connectivity index (χ2v) is 6.47.